The number of carbonyl (C=O) groups excluding carboxylic acids is 1. The summed E-state index contributed by atoms with van der Waals surface area (Å²) in [7, 11) is 0. The molecule has 128 valence electrons. The fourth-order valence-corrected chi connectivity index (χ4v) is 3.58. The van der Waals surface area contributed by atoms with E-state index < -0.39 is 0 Å². The second-order valence-corrected chi connectivity index (χ2v) is 7.13. The summed E-state index contributed by atoms with van der Waals surface area (Å²) in [5.74, 6) is -0.0900. The third-order valence-electron chi connectivity index (χ3n) is 4.22. The molecule has 2 aromatic heterocycles. The number of amides is 1. The van der Waals surface area contributed by atoms with Gasteiger partial charge in [0.15, 0.2) is 0 Å². The smallest absolute Gasteiger partial charge is 0.267 e. The molecule has 0 aliphatic heterocycles. The first-order chi connectivity index (χ1) is 12.0. The van der Waals surface area contributed by atoms with Crippen molar-refractivity contribution in [3.05, 3.63) is 75.0 Å². The largest absolute Gasteiger partial charge is 0.321 e. The minimum absolute atomic E-state index is 0.0900. The number of nitrogens with one attached hydrogen (secondary N) is 1. The van der Waals surface area contributed by atoms with Gasteiger partial charge in [0, 0.05) is 24.0 Å². The van der Waals surface area contributed by atoms with Crippen LogP contribution in [-0.4, -0.2) is 15.9 Å². The summed E-state index contributed by atoms with van der Waals surface area (Å²) in [5.41, 5.74) is 4.93. The molecule has 2 heterocycles. The number of thiazole rings is 1. The van der Waals surface area contributed by atoms with Crippen LogP contribution in [0.5, 0.6) is 0 Å². The van der Waals surface area contributed by atoms with Gasteiger partial charge in [0.2, 0.25) is 0 Å². The van der Waals surface area contributed by atoms with Crippen LogP contribution in [0.25, 0.3) is 0 Å². The van der Waals surface area contributed by atoms with Crippen LogP contribution in [-0.2, 0) is 12.8 Å². The van der Waals surface area contributed by atoms with Crippen molar-refractivity contribution in [2.24, 2.45) is 0 Å². The number of rotatable bonds is 5. The highest BCUT2D eigenvalue weighted by Gasteiger charge is 2.16. The number of anilines is 1. The van der Waals surface area contributed by atoms with Crippen molar-refractivity contribution in [1.29, 1.82) is 0 Å². The van der Waals surface area contributed by atoms with Gasteiger partial charge in [0.25, 0.3) is 5.91 Å². The molecule has 0 radical (unpaired) electrons. The zero-order chi connectivity index (χ0) is 17.8. The molecule has 3 aromatic rings. The summed E-state index contributed by atoms with van der Waals surface area (Å²) >= 11 is 1.47. The van der Waals surface area contributed by atoms with Crippen molar-refractivity contribution in [2.45, 2.75) is 33.6 Å². The lowest BCUT2D eigenvalue weighted by Crippen LogP contribution is -2.12. The molecule has 0 unspecified atom stereocenters. The van der Waals surface area contributed by atoms with Crippen LogP contribution in [0.1, 0.15) is 37.2 Å². The van der Waals surface area contributed by atoms with E-state index in [9.17, 15) is 4.79 Å². The lowest BCUT2D eigenvalue weighted by molar-refractivity contribution is 0.102. The van der Waals surface area contributed by atoms with Gasteiger partial charge in [-0.15, -0.1) is 11.3 Å². The maximum Gasteiger partial charge on any atom is 0.267 e. The first kappa shape index (κ1) is 17.3. The molecule has 1 amide bonds. The Morgan fingerprint density at radius 1 is 1.08 bits per heavy atom. The second kappa shape index (κ2) is 7.57. The Labute approximate surface area is 152 Å². The normalized spacial score (nSPS) is 10.7. The molecule has 25 heavy (non-hydrogen) atoms. The number of aryl methyl sites for hydroxylation is 4. The second-order valence-electron chi connectivity index (χ2n) is 6.04. The van der Waals surface area contributed by atoms with Crippen LogP contribution >= 0.6 is 11.3 Å². The summed E-state index contributed by atoms with van der Waals surface area (Å²) in [6, 6.07) is 11.8. The maximum atomic E-state index is 12.6. The minimum atomic E-state index is -0.0900. The Morgan fingerprint density at radius 3 is 2.68 bits per heavy atom. The zero-order valence-electron chi connectivity index (χ0n) is 14.7. The Bertz CT molecular complexity index is 887. The molecular weight excluding hydrogens is 330 g/mol. The van der Waals surface area contributed by atoms with Gasteiger partial charge < -0.3 is 5.32 Å². The predicted octanol–water partition coefficient (Wildman–Crippen LogP) is 4.50. The number of nitrogens with zero attached hydrogens (tertiary/aromatic N) is 2. The fourth-order valence-electron chi connectivity index (χ4n) is 2.62. The molecule has 5 heteroatoms. The number of hydrogen-bond donors (Lipinski definition) is 1. The van der Waals surface area contributed by atoms with E-state index in [0.717, 1.165) is 46.1 Å². The monoisotopic (exact) mass is 351 g/mol. The van der Waals surface area contributed by atoms with E-state index in [2.05, 4.69) is 15.3 Å². The standard InChI is InChI=1S/C20H21N3OS/c1-13-7-6-9-17(14(13)2)23-20(24)19-15(3)22-18(25-19)11-10-16-8-4-5-12-21-16/h4-9,12H,10-11H2,1-3H3,(H,23,24). The molecule has 0 bridgehead atoms. The summed E-state index contributed by atoms with van der Waals surface area (Å²) in [4.78, 5) is 22.2. The first-order valence-corrected chi connectivity index (χ1v) is 9.10. The van der Waals surface area contributed by atoms with E-state index in [1.54, 1.807) is 6.20 Å². The highest BCUT2D eigenvalue weighted by molar-refractivity contribution is 7.13. The van der Waals surface area contributed by atoms with E-state index in [1.807, 2.05) is 57.2 Å². The number of hydrogen-bond acceptors (Lipinski definition) is 4. The molecule has 0 fully saturated rings. The average Bonchev–Trinajstić information content (AvgIpc) is 2.99. The van der Waals surface area contributed by atoms with Crippen molar-refractivity contribution in [3.63, 3.8) is 0 Å². The molecular formula is C20H21N3OS. The quantitative estimate of drug-likeness (QED) is 0.736. The van der Waals surface area contributed by atoms with Gasteiger partial charge in [-0.2, -0.15) is 0 Å². The molecule has 0 spiro atoms. The molecule has 4 nitrogen and oxygen atoms in total. The van der Waals surface area contributed by atoms with Crippen LogP contribution in [0.15, 0.2) is 42.6 Å². The summed E-state index contributed by atoms with van der Waals surface area (Å²) in [6.45, 7) is 5.94. The van der Waals surface area contributed by atoms with Crippen molar-refractivity contribution in [1.82, 2.24) is 9.97 Å². The van der Waals surface area contributed by atoms with E-state index in [0.29, 0.717) is 4.88 Å². The Balaban J connectivity index is 1.71. The summed E-state index contributed by atoms with van der Waals surface area (Å²) < 4.78 is 0. The van der Waals surface area contributed by atoms with E-state index in [4.69, 9.17) is 0 Å². The Hall–Kier alpha value is -2.53. The number of pyridine rings is 1. The third kappa shape index (κ3) is 4.12. The molecule has 0 aliphatic carbocycles. The molecule has 0 saturated carbocycles. The summed E-state index contributed by atoms with van der Waals surface area (Å²) in [6.07, 6.45) is 3.41. The van der Waals surface area contributed by atoms with Crippen LogP contribution in [0, 0.1) is 20.8 Å². The van der Waals surface area contributed by atoms with Gasteiger partial charge >= 0.3 is 0 Å². The van der Waals surface area contributed by atoms with Gasteiger partial charge in [-0.3, -0.25) is 9.78 Å². The highest BCUT2D eigenvalue weighted by Crippen LogP contribution is 2.23. The topological polar surface area (TPSA) is 54.9 Å². The van der Waals surface area contributed by atoms with Crippen molar-refractivity contribution in [3.8, 4) is 0 Å². The number of benzene rings is 1. The SMILES string of the molecule is Cc1cccc(NC(=O)c2sc(CCc3ccccn3)nc2C)c1C. The molecule has 3 rings (SSSR count). The highest BCUT2D eigenvalue weighted by atomic mass is 32.1. The van der Waals surface area contributed by atoms with Crippen molar-refractivity contribution >= 4 is 22.9 Å². The lowest BCUT2D eigenvalue weighted by Gasteiger charge is -2.09. The van der Waals surface area contributed by atoms with Gasteiger partial charge in [-0.1, -0.05) is 18.2 Å². The van der Waals surface area contributed by atoms with Crippen LogP contribution < -0.4 is 5.32 Å². The number of aromatic nitrogens is 2. The number of carbonyl (C=O) groups is 1. The van der Waals surface area contributed by atoms with E-state index in [-0.39, 0.29) is 5.91 Å². The lowest BCUT2D eigenvalue weighted by atomic mass is 10.1. The third-order valence-corrected chi connectivity index (χ3v) is 5.44. The first-order valence-electron chi connectivity index (χ1n) is 8.28. The van der Waals surface area contributed by atoms with E-state index >= 15 is 0 Å². The summed E-state index contributed by atoms with van der Waals surface area (Å²) in [5, 5.41) is 3.98. The minimum Gasteiger partial charge on any atom is -0.321 e. The van der Waals surface area contributed by atoms with E-state index in [1.165, 1.54) is 11.3 Å². The molecule has 0 saturated heterocycles. The average molecular weight is 351 g/mol. The molecule has 1 N–H and O–H groups in total. The van der Waals surface area contributed by atoms with Crippen LogP contribution in [0.3, 0.4) is 0 Å². The molecule has 1 aromatic carbocycles. The maximum absolute atomic E-state index is 12.6. The zero-order valence-corrected chi connectivity index (χ0v) is 15.5. The van der Waals surface area contributed by atoms with Gasteiger partial charge in [-0.25, -0.2) is 4.98 Å². The Morgan fingerprint density at radius 2 is 1.92 bits per heavy atom. The van der Waals surface area contributed by atoms with Crippen LogP contribution in [0.4, 0.5) is 5.69 Å². The van der Waals surface area contributed by atoms with Gasteiger partial charge in [-0.05, 0) is 56.5 Å². The predicted molar refractivity (Wildman–Crippen MR) is 102 cm³/mol. The van der Waals surface area contributed by atoms with Crippen molar-refractivity contribution in [2.75, 3.05) is 5.32 Å². The van der Waals surface area contributed by atoms with Crippen LogP contribution in [0.2, 0.25) is 0 Å². The van der Waals surface area contributed by atoms with Gasteiger partial charge in [0.1, 0.15) is 4.88 Å². The molecule has 0 aliphatic rings. The van der Waals surface area contributed by atoms with Gasteiger partial charge in [0.05, 0.1) is 10.7 Å². The molecule has 0 atom stereocenters. The van der Waals surface area contributed by atoms with Crippen molar-refractivity contribution < 1.29 is 4.79 Å². The fraction of sp³-hybridized carbons (Fsp3) is 0.250. The Kier molecular flexibility index (Phi) is 5.24.